The van der Waals surface area contributed by atoms with E-state index in [0.717, 1.165) is 12.8 Å². The number of nitrogens with zero attached hydrogens (tertiary/aromatic N) is 2. The van der Waals surface area contributed by atoms with Crippen LogP contribution in [0.2, 0.25) is 0 Å². The van der Waals surface area contributed by atoms with E-state index in [-0.39, 0.29) is 11.9 Å². The molecule has 132 valence electrons. The molecule has 6 heteroatoms. The number of Topliss-reactive ketones (excluding diaryl/α,β-unsaturated/α-hetero) is 1. The van der Waals surface area contributed by atoms with Crippen molar-refractivity contribution in [2.45, 2.75) is 46.1 Å². The van der Waals surface area contributed by atoms with E-state index >= 15 is 0 Å². The van der Waals surface area contributed by atoms with Gasteiger partial charge in [0.1, 0.15) is 11.4 Å². The van der Waals surface area contributed by atoms with Crippen molar-refractivity contribution in [3.05, 3.63) is 24.0 Å². The first-order valence-electron chi connectivity index (χ1n) is 8.31. The van der Waals surface area contributed by atoms with Crippen LogP contribution in [0, 0.1) is 5.92 Å². The average molecular weight is 334 g/mol. The second-order valence-electron chi connectivity index (χ2n) is 7.19. The topological polar surface area (TPSA) is 68.7 Å². The molecule has 0 N–H and O–H groups in total. The Labute approximate surface area is 143 Å². The Morgan fingerprint density at radius 2 is 1.92 bits per heavy atom. The quantitative estimate of drug-likeness (QED) is 0.790. The third-order valence-electron chi connectivity index (χ3n) is 3.87. The molecule has 0 radical (unpaired) electrons. The highest BCUT2D eigenvalue weighted by molar-refractivity contribution is 5.94. The van der Waals surface area contributed by atoms with Crippen LogP contribution in [0.1, 0.15) is 50.9 Å². The monoisotopic (exact) mass is 334 g/mol. The van der Waals surface area contributed by atoms with E-state index in [4.69, 9.17) is 9.47 Å². The van der Waals surface area contributed by atoms with Crippen LogP contribution in [-0.4, -0.2) is 47.1 Å². The number of piperidine rings is 1. The Bertz CT molecular complexity index is 587. The Kier molecular flexibility index (Phi) is 5.80. The van der Waals surface area contributed by atoms with E-state index in [9.17, 15) is 9.59 Å². The van der Waals surface area contributed by atoms with Crippen molar-refractivity contribution >= 4 is 11.9 Å². The molecule has 0 bridgehead atoms. The fraction of sp³-hybridized carbons (Fsp3) is 0.611. The molecular weight excluding hydrogens is 308 g/mol. The molecule has 0 unspecified atom stereocenters. The van der Waals surface area contributed by atoms with Gasteiger partial charge in [-0.3, -0.25) is 9.78 Å². The van der Waals surface area contributed by atoms with Gasteiger partial charge < -0.3 is 14.4 Å². The third-order valence-corrected chi connectivity index (χ3v) is 3.87. The summed E-state index contributed by atoms with van der Waals surface area (Å²) >= 11 is 0. The summed E-state index contributed by atoms with van der Waals surface area (Å²) in [5.74, 6) is 0.959. The van der Waals surface area contributed by atoms with Crippen molar-refractivity contribution in [2.75, 3.05) is 19.7 Å². The zero-order chi connectivity index (χ0) is 17.7. The van der Waals surface area contributed by atoms with E-state index in [1.807, 2.05) is 20.8 Å². The van der Waals surface area contributed by atoms with Crippen LogP contribution in [0.5, 0.6) is 5.75 Å². The summed E-state index contributed by atoms with van der Waals surface area (Å²) in [6.45, 7) is 9.03. The number of pyridine rings is 1. The lowest BCUT2D eigenvalue weighted by Crippen LogP contribution is -2.42. The van der Waals surface area contributed by atoms with Gasteiger partial charge in [-0.1, -0.05) is 0 Å². The first-order valence-corrected chi connectivity index (χ1v) is 8.31. The maximum atomic E-state index is 12.0. The molecule has 24 heavy (non-hydrogen) atoms. The lowest BCUT2D eigenvalue weighted by atomic mass is 9.98. The standard InChI is InChI=1S/C18H26N2O4/c1-13(21)15-9-16(11-19-10-15)23-12-14-5-7-20(8-6-14)17(22)24-18(2,3)4/h9-11,14H,5-8,12H2,1-4H3. The Morgan fingerprint density at radius 1 is 1.25 bits per heavy atom. The summed E-state index contributed by atoms with van der Waals surface area (Å²) in [4.78, 5) is 29.2. The van der Waals surface area contributed by atoms with Gasteiger partial charge in [-0.25, -0.2) is 4.79 Å². The molecule has 6 nitrogen and oxygen atoms in total. The largest absolute Gasteiger partial charge is 0.492 e. The zero-order valence-electron chi connectivity index (χ0n) is 14.9. The number of hydrogen-bond acceptors (Lipinski definition) is 5. The summed E-state index contributed by atoms with van der Waals surface area (Å²) in [5.41, 5.74) is 0.0819. The van der Waals surface area contributed by atoms with Gasteiger partial charge >= 0.3 is 6.09 Å². The summed E-state index contributed by atoms with van der Waals surface area (Å²) in [7, 11) is 0. The number of carbonyl (C=O) groups excluding carboxylic acids is 2. The van der Waals surface area contributed by atoms with Gasteiger partial charge in [-0.2, -0.15) is 0 Å². The molecule has 1 amide bonds. The molecule has 1 aliphatic rings. The van der Waals surface area contributed by atoms with Crippen molar-refractivity contribution in [1.29, 1.82) is 0 Å². The van der Waals surface area contributed by atoms with Crippen molar-refractivity contribution in [3.63, 3.8) is 0 Å². The molecule has 2 rings (SSSR count). The second kappa shape index (κ2) is 7.64. The zero-order valence-corrected chi connectivity index (χ0v) is 14.9. The summed E-state index contributed by atoms with van der Waals surface area (Å²) in [6.07, 6.45) is 4.65. The van der Waals surface area contributed by atoms with Crippen LogP contribution in [-0.2, 0) is 4.74 Å². The van der Waals surface area contributed by atoms with E-state index in [2.05, 4.69) is 4.98 Å². The van der Waals surface area contributed by atoms with Gasteiger partial charge in [0.15, 0.2) is 5.78 Å². The van der Waals surface area contributed by atoms with Crippen molar-refractivity contribution in [3.8, 4) is 5.75 Å². The van der Waals surface area contributed by atoms with Crippen LogP contribution in [0.15, 0.2) is 18.5 Å². The smallest absolute Gasteiger partial charge is 0.410 e. The lowest BCUT2D eigenvalue weighted by molar-refractivity contribution is 0.0165. The van der Waals surface area contributed by atoms with Crippen LogP contribution in [0.25, 0.3) is 0 Å². The molecule has 0 aliphatic carbocycles. The molecule has 0 spiro atoms. The Morgan fingerprint density at radius 3 is 2.50 bits per heavy atom. The van der Waals surface area contributed by atoms with E-state index < -0.39 is 5.60 Å². The summed E-state index contributed by atoms with van der Waals surface area (Å²) in [6, 6.07) is 1.71. The fourth-order valence-corrected chi connectivity index (χ4v) is 2.51. The minimum atomic E-state index is -0.466. The van der Waals surface area contributed by atoms with Gasteiger partial charge in [0.05, 0.1) is 12.8 Å². The third kappa shape index (κ3) is 5.51. The van der Waals surface area contributed by atoms with Crippen molar-refractivity contribution < 1.29 is 19.1 Å². The molecule has 1 aromatic heterocycles. The predicted molar refractivity (Wildman–Crippen MR) is 90.3 cm³/mol. The number of ketones is 1. The van der Waals surface area contributed by atoms with Crippen LogP contribution >= 0.6 is 0 Å². The van der Waals surface area contributed by atoms with Crippen LogP contribution in [0.3, 0.4) is 0 Å². The maximum absolute atomic E-state index is 12.0. The van der Waals surface area contributed by atoms with E-state index in [1.165, 1.54) is 13.1 Å². The average Bonchev–Trinajstić information content (AvgIpc) is 2.52. The van der Waals surface area contributed by atoms with Gasteiger partial charge in [0.25, 0.3) is 0 Å². The number of hydrogen-bond donors (Lipinski definition) is 0. The number of ether oxygens (including phenoxy) is 2. The molecule has 1 fully saturated rings. The molecular formula is C18H26N2O4. The van der Waals surface area contributed by atoms with Crippen molar-refractivity contribution in [2.24, 2.45) is 5.92 Å². The van der Waals surface area contributed by atoms with E-state index in [0.29, 0.717) is 36.9 Å². The normalized spacial score (nSPS) is 15.9. The van der Waals surface area contributed by atoms with Gasteiger partial charge in [-0.05, 0) is 52.5 Å². The summed E-state index contributed by atoms with van der Waals surface area (Å²) in [5, 5.41) is 0. The van der Waals surface area contributed by atoms with E-state index in [1.54, 1.807) is 17.2 Å². The van der Waals surface area contributed by atoms with Gasteiger partial charge in [0, 0.05) is 24.8 Å². The Balaban J connectivity index is 1.78. The maximum Gasteiger partial charge on any atom is 0.410 e. The SMILES string of the molecule is CC(=O)c1cncc(OCC2CCN(C(=O)OC(C)(C)C)CC2)c1. The van der Waals surface area contributed by atoms with Gasteiger partial charge in [0.2, 0.25) is 0 Å². The Hall–Kier alpha value is -2.11. The van der Waals surface area contributed by atoms with Crippen LogP contribution < -0.4 is 4.74 Å². The number of amides is 1. The molecule has 0 aromatic carbocycles. The predicted octanol–water partition coefficient (Wildman–Crippen LogP) is 3.31. The number of aromatic nitrogens is 1. The number of likely N-dealkylation sites (tertiary alicyclic amines) is 1. The second-order valence-corrected chi connectivity index (χ2v) is 7.19. The molecule has 2 heterocycles. The first-order chi connectivity index (χ1) is 11.2. The highest BCUT2D eigenvalue weighted by atomic mass is 16.6. The molecule has 0 atom stereocenters. The highest BCUT2D eigenvalue weighted by Crippen LogP contribution is 2.21. The molecule has 1 aliphatic heterocycles. The number of rotatable bonds is 4. The molecule has 1 saturated heterocycles. The minimum Gasteiger partial charge on any atom is -0.492 e. The first kappa shape index (κ1) is 18.2. The highest BCUT2D eigenvalue weighted by Gasteiger charge is 2.27. The van der Waals surface area contributed by atoms with Crippen molar-refractivity contribution in [1.82, 2.24) is 9.88 Å². The molecule has 0 saturated carbocycles. The van der Waals surface area contributed by atoms with Gasteiger partial charge in [-0.15, -0.1) is 0 Å². The molecule has 1 aromatic rings. The number of carbonyl (C=O) groups is 2. The van der Waals surface area contributed by atoms with Crippen LogP contribution in [0.4, 0.5) is 4.79 Å². The minimum absolute atomic E-state index is 0.0291. The summed E-state index contributed by atoms with van der Waals surface area (Å²) < 4.78 is 11.2. The fourth-order valence-electron chi connectivity index (χ4n) is 2.51. The lowest BCUT2D eigenvalue weighted by Gasteiger charge is -2.33.